The van der Waals surface area contributed by atoms with Crippen LogP contribution in [0.5, 0.6) is 0 Å². The third-order valence-electron chi connectivity index (χ3n) is 6.45. The number of carbonyl (C=O) groups is 2. The van der Waals surface area contributed by atoms with Gasteiger partial charge in [-0.1, -0.05) is 30.0 Å². The predicted octanol–water partition coefficient (Wildman–Crippen LogP) is 3.14. The largest absolute Gasteiger partial charge is 0.481 e. The van der Waals surface area contributed by atoms with Crippen LogP contribution >= 0.6 is 24.0 Å². The van der Waals surface area contributed by atoms with Crippen LogP contribution in [-0.2, 0) is 9.59 Å². The van der Waals surface area contributed by atoms with Crippen molar-refractivity contribution >= 4 is 63.4 Å². The number of rotatable bonds is 6. The van der Waals surface area contributed by atoms with Gasteiger partial charge >= 0.3 is 5.97 Å². The molecule has 0 radical (unpaired) electrons. The summed E-state index contributed by atoms with van der Waals surface area (Å²) in [7, 11) is 0. The standard InChI is InChI=1S/C26H24FN5O4S2/c1-16-2-7-21-28-23(30-12-10-29(11-13-30)18-5-3-17(27)4-6-18)19(24(35)32(21)15-16)14-20-25(36)31(26(37)38-20)9-8-22(33)34/h2-7,14-15H,8-13H2,1H3,(H,33,34)/b20-14+. The summed E-state index contributed by atoms with van der Waals surface area (Å²) in [5.74, 6) is -1.28. The van der Waals surface area contributed by atoms with Crippen LogP contribution in [0.3, 0.4) is 0 Å². The topological polar surface area (TPSA) is 98.5 Å². The fourth-order valence-electron chi connectivity index (χ4n) is 4.47. The van der Waals surface area contributed by atoms with Crippen LogP contribution < -0.4 is 15.4 Å². The number of aliphatic carboxylic acids is 1. The zero-order valence-corrected chi connectivity index (χ0v) is 22.1. The van der Waals surface area contributed by atoms with Gasteiger partial charge in [0.1, 0.15) is 21.6 Å². The van der Waals surface area contributed by atoms with E-state index in [0.29, 0.717) is 37.6 Å². The molecule has 9 nitrogen and oxygen atoms in total. The van der Waals surface area contributed by atoms with Crippen LogP contribution in [0.25, 0.3) is 11.7 Å². The van der Waals surface area contributed by atoms with E-state index in [-0.39, 0.29) is 39.1 Å². The number of fused-ring (bicyclic) bond motifs is 1. The van der Waals surface area contributed by atoms with Gasteiger partial charge < -0.3 is 14.9 Å². The first-order valence-electron chi connectivity index (χ1n) is 12.0. The summed E-state index contributed by atoms with van der Waals surface area (Å²) in [6, 6.07) is 10.0. The SMILES string of the molecule is Cc1ccc2nc(N3CCN(c4ccc(F)cc4)CC3)c(/C=C3/SC(=S)N(CCC(=O)O)C3=O)c(=O)n2c1. The molecule has 3 aromatic rings. The quantitative estimate of drug-likeness (QED) is 0.365. The summed E-state index contributed by atoms with van der Waals surface area (Å²) in [4.78, 5) is 48.2. The number of amides is 1. The van der Waals surface area contributed by atoms with Gasteiger partial charge in [-0.15, -0.1) is 0 Å². The van der Waals surface area contributed by atoms with E-state index >= 15 is 0 Å². The molecule has 5 rings (SSSR count). The lowest BCUT2D eigenvalue weighted by atomic mass is 10.2. The normalized spacial score (nSPS) is 17.2. The Bertz CT molecular complexity index is 1530. The van der Waals surface area contributed by atoms with Crippen molar-refractivity contribution in [3.8, 4) is 0 Å². The molecule has 196 valence electrons. The number of piperazine rings is 1. The molecule has 0 unspecified atom stereocenters. The fourth-order valence-corrected chi connectivity index (χ4v) is 5.76. The molecule has 0 saturated carbocycles. The molecule has 2 aliphatic rings. The number of thioether (sulfide) groups is 1. The van der Waals surface area contributed by atoms with Crippen molar-refractivity contribution in [1.29, 1.82) is 0 Å². The minimum Gasteiger partial charge on any atom is -0.481 e. The lowest BCUT2D eigenvalue weighted by Gasteiger charge is -2.37. The van der Waals surface area contributed by atoms with Gasteiger partial charge in [0.15, 0.2) is 0 Å². The summed E-state index contributed by atoms with van der Waals surface area (Å²) in [5, 5.41) is 9.01. The fraction of sp³-hybridized carbons (Fsp3) is 0.269. The minimum absolute atomic E-state index is 0.0380. The van der Waals surface area contributed by atoms with Crippen LogP contribution in [0.15, 0.2) is 52.3 Å². The second kappa shape index (κ2) is 10.5. The third kappa shape index (κ3) is 5.14. The lowest BCUT2D eigenvalue weighted by molar-refractivity contribution is -0.137. The average Bonchev–Trinajstić information content (AvgIpc) is 3.17. The third-order valence-corrected chi connectivity index (χ3v) is 7.83. The molecule has 0 bridgehead atoms. The van der Waals surface area contributed by atoms with Gasteiger partial charge in [0.2, 0.25) is 0 Å². The van der Waals surface area contributed by atoms with E-state index in [2.05, 4.69) is 4.90 Å². The highest BCUT2D eigenvalue weighted by molar-refractivity contribution is 8.26. The second-order valence-corrected chi connectivity index (χ2v) is 10.7. The van der Waals surface area contributed by atoms with E-state index in [0.717, 1.165) is 23.0 Å². The van der Waals surface area contributed by atoms with Crippen LogP contribution in [0.2, 0.25) is 0 Å². The van der Waals surface area contributed by atoms with Crippen molar-refractivity contribution in [2.75, 3.05) is 42.5 Å². The first kappa shape index (κ1) is 25.9. The maximum Gasteiger partial charge on any atom is 0.305 e. The Morgan fingerprint density at radius 3 is 2.47 bits per heavy atom. The summed E-state index contributed by atoms with van der Waals surface area (Å²) in [6.07, 6.45) is 2.99. The Morgan fingerprint density at radius 1 is 1.11 bits per heavy atom. The van der Waals surface area contributed by atoms with Crippen molar-refractivity contribution in [3.63, 3.8) is 0 Å². The molecule has 2 aliphatic heterocycles. The van der Waals surface area contributed by atoms with Crippen LogP contribution in [0.1, 0.15) is 17.5 Å². The van der Waals surface area contributed by atoms with Crippen molar-refractivity contribution < 1.29 is 19.1 Å². The minimum atomic E-state index is -1.03. The highest BCUT2D eigenvalue weighted by Gasteiger charge is 2.33. The van der Waals surface area contributed by atoms with E-state index in [1.165, 1.54) is 27.5 Å². The maximum atomic E-state index is 13.7. The molecule has 1 N–H and O–H groups in total. The number of carboxylic acids is 1. The summed E-state index contributed by atoms with van der Waals surface area (Å²) < 4.78 is 15.1. The van der Waals surface area contributed by atoms with Gasteiger partial charge in [-0.3, -0.25) is 23.7 Å². The molecule has 2 fully saturated rings. The van der Waals surface area contributed by atoms with Gasteiger partial charge in [0, 0.05) is 44.6 Å². The number of aryl methyl sites for hydroxylation is 1. The lowest BCUT2D eigenvalue weighted by Crippen LogP contribution is -2.47. The molecule has 0 atom stereocenters. The molecule has 38 heavy (non-hydrogen) atoms. The van der Waals surface area contributed by atoms with Crippen LogP contribution in [-0.4, -0.2) is 68.3 Å². The van der Waals surface area contributed by atoms with E-state index in [1.807, 2.05) is 17.9 Å². The summed E-state index contributed by atoms with van der Waals surface area (Å²) in [5.41, 5.74) is 2.24. The van der Waals surface area contributed by atoms with Gasteiger partial charge in [0.25, 0.3) is 11.5 Å². The first-order valence-corrected chi connectivity index (χ1v) is 13.2. The Balaban J connectivity index is 1.50. The van der Waals surface area contributed by atoms with E-state index in [9.17, 15) is 18.8 Å². The monoisotopic (exact) mass is 553 g/mol. The van der Waals surface area contributed by atoms with Gasteiger partial charge in [-0.05, 0) is 48.9 Å². The number of carboxylic acid groups (broad SMARTS) is 1. The van der Waals surface area contributed by atoms with Crippen LogP contribution in [0.4, 0.5) is 15.9 Å². The van der Waals surface area contributed by atoms with E-state index in [1.54, 1.807) is 24.4 Å². The number of pyridine rings is 1. The molecule has 0 spiro atoms. The molecular formula is C26H24FN5O4S2. The Labute approximate surface area is 227 Å². The van der Waals surface area contributed by atoms with E-state index in [4.69, 9.17) is 22.3 Å². The van der Waals surface area contributed by atoms with Gasteiger partial charge in [-0.25, -0.2) is 9.37 Å². The Hall–Kier alpha value is -3.77. The number of nitrogens with zero attached hydrogens (tertiary/aromatic N) is 5. The highest BCUT2D eigenvalue weighted by atomic mass is 32.2. The number of benzene rings is 1. The van der Waals surface area contributed by atoms with Crippen molar-refractivity contribution in [2.24, 2.45) is 0 Å². The van der Waals surface area contributed by atoms with Gasteiger partial charge in [-0.2, -0.15) is 0 Å². The molecule has 12 heteroatoms. The van der Waals surface area contributed by atoms with Crippen molar-refractivity contribution in [2.45, 2.75) is 13.3 Å². The van der Waals surface area contributed by atoms with E-state index < -0.39 is 11.9 Å². The Kier molecular flexibility index (Phi) is 7.17. The summed E-state index contributed by atoms with van der Waals surface area (Å²) >= 11 is 6.35. The number of anilines is 2. The zero-order valence-electron chi connectivity index (χ0n) is 20.5. The number of thiocarbonyl (C=S) groups is 1. The van der Waals surface area contributed by atoms with Gasteiger partial charge in [0.05, 0.1) is 16.9 Å². The predicted molar refractivity (Wildman–Crippen MR) is 149 cm³/mol. The summed E-state index contributed by atoms with van der Waals surface area (Å²) in [6.45, 7) is 4.23. The first-order chi connectivity index (χ1) is 18.2. The number of aromatic nitrogens is 2. The second-order valence-electron chi connectivity index (χ2n) is 9.02. The molecule has 4 heterocycles. The number of halogens is 1. The van der Waals surface area contributed by atoms with Crippen molar-refractivity contribution in [3.05, 3.63) is 74.8 Å². The van der Waals surface area contributed by atoms with Crippen LogP contribution in [0, 0.1) is 12.7 Å². The molecular weight excluding hydrogens is 529 g/mol. The maximum absolute atomic E-state index is 13.7. The molecule has 1 amide bonds. The number of hydrogen-bond donors (Lipinski definition) is 1. The molecule has 2 aromatic heterocycles. The van der Waals surface area contributed by atoms with Crippen molar-refractivity contribution in [1.82, 2.24) is 14.3 Å². The molecule has 2 saturated heterocycles. The highest BCUT2D eigenvalue weighted by Crippen LogP contribution is 2.34. The zero-order chi connectivity index (χ0) is 27.0. The number of hydrogen-bond acceptors (Lipinski definition) is 8. The molecule has 1 aromatic carbocycles. The Morgan fingerprint density at radius 2 is 1.79 bits per heavy atom. The average molecular weight is 554 g/mol. The molecule has 0 aliphatic carbocycles. The number of carbonyl (C=O) groups excluding carboxylic acids is 1. The smallest absolute Gasteiger partial charge is 0.305 e.